The zero-order chi connectivity index (χ0) is 15.5. The van der Waals surface area contributed by atoms with Gasteiger partial charge in [0, 0.05) is 18.0 Å². The minimum atomic E-state index is 0.232. The molecule has 1 unspecified atom stereocenters. The van der Waals surface area contributed by atoms with E-state index in [1.54, 1.807) is 11.3 Å². The Labute approximate surface area is 133 Å². The number of aryl methyl sites for hydroxylation is 2. The molecule has 1 aliphatic heterocycles. The molecule has 1 aliphatic rings. The van der Waals surface area contributed by atoms with Crippen LogP contribution in [-0.2, 0) is 4.74 Å². The highest BCUT2D eigenvalue weighted by Crippen LogP contribution is 2.29. The highest BCUT2D eigenvalue weighted by atomic mass is 32.1. The molecule has 22 heavy (non-hydrogen) atoms. The number of hydrogen-bond acceptors (Lipinski definition) is 8. The lowest BCUT2D eigenvalue weighted by molar-refractivity contribution is 0.120. The van der Waals surface area contributed by atoms with E-state index in [0.717, 1.165) is 30.3 Å². The number of anilines is 4. The smallest absolute Gasteiger partial charge is 0.188 e. The van der Waals surface area contributed by atoms with Crippen molar-refractivity contribution in [3.05, 3.63) is 16.9 Å². The van der Waals surface area contributed by atoms with Crippen LogP contribution < -0.4 is 16.4 Å². The second kappa shape index (κ2) is 6.45. The third kappa shape index (κ3) is 3.28. The summed E-state index contributed by atoms with van der Waals surface area (Å²) in [6.45, 7) is 5.56. The lowest BCUT2D eigenvalue weighted by Crippen LogP contribution is -2.20. The van der Waals surface area contributed by atoms with Crippen molar-refractivity contribution in [2.24, 2.45) is 0 Å². The van der Waals surface area contributed by atoms with Crippen molar-refractivity contribution in [3.63, 3.8) is 0 Å². The number of thiazole rings is 1. The number of ether oxygens (including phenoxy) is 1. The lowest BCUT2D eigenvalue weighted by atomic mass is 10.2. The summed E-state index contributed by atoms with van der Waals surface area (Å²) in [7, 11) is 0. The van der Waals surface area contributed by atoms with Gasteiger partial charge < -0.3 is 21.1 Å². The van der Waals surface area contributed by atoms with Crippen molar-refractivity contribution in [2.75, 3.05) is 29.5 Å². The van der Waals surface area contributed by atoms with Gasteiger partial charge in [-0.3, -0.25) is 0 Å². The Kier molecular flexibility index (Phi) is 4.39. The Morgan fingerprint density at radius 2 is 2.18 bits per heavy atom. The van der Waals surface area contributed by atoms with E-state index in [4.69, 9.17) is 10.5 Å². The van der Waals surface area contributed by atoms with Gasteiger partial charge in [0.05, 0.1) is 11.8 Å². The number of nitrogens with zero attached hydrogens (tertiary/aromatic N) is 3. The molecule has 118 valence electrons. The first-order valence-electron chi connectivity index (χ1n) is 7.30. The van der Waals surface area contributed by atoms with Crippen molar-refractivity contribution >= 4 is 33.8 Å². The van der Waals surface area contributed by atoms with Crippen molar-refractivity contribution in [2.45, 2.75) is 32.8 Å². The van der Waals surface area contributed by atoms with Gasteiger partial charge in [-0.25, -0.2) is 15.0 Å². The molecular formula is C14H20N6OS. The van der Waals surface area contributed by atoms with E-state index in [1.165, 1.54) is 11.2 Å². The van der Waals surface area contributed by atoms with E-state index >= 15 is 0 Å². The molecule has 0 spiro atoms. The third-order valence-electron chi connectivity index (χ3n) is 3.66. The molecule has 3 rings (SSSR count). The van der Waals surface area contributed by atoms with E-state index in [1.807, 2.05) is 13.8 Å². The Balaban J connectivity index is 1.70. The van der Waals surface area contributed by atoms with Gasteiger partial charge in [-0.15, -0.1) is 11.3 Å². The summed E-state index contributed by atoms with van der Waals surface area (Å²) in [4.78, 5) is 14.0. The fourth-order valence-corrected chi connectivity index (χ4v) is 3.09. The van der Waals surface area contributed by atoms with Crippen LogP contribution in [0.3, 0.4) is 0 Å². The third-order valence-corrected chi connectivity index (χ3v) is 4.65. The quantitative estimate of drug-likeness (QED) is 0.778. The monoisotopic (exact) mass is 320 g/mol. The summed E-state index contributed by atoms with van der Waals surface area (Å²) in [5.74, 6) is 1.19. The van der Waals surface area contributed by atoms with Crippen LogP contribution in [0.5, 0.6) is 0 Å². The van der Waals surface area contributed by atoms with Gasteiger partial charge in [-0.2, -0.15) is 0 Å². The van der Waals surface area contributed by atoms with Crippen molar-refractivity contribution in [1.82, 2.24) is 15.0 Å². The molecule has 0 amide bonds. The average Bonchev–Trinajstić information content (AvgIpc) is 3.11. The van der Waals surface area contributed by atoms with E-state index < -0.39 is 0 Å². The topological polar surface area (TPSA) is 98.0 Å². The van der Waals surface area contributed by atoms with Crippen molar-refractivity contribution < 1.29 is 4.74 Å². The van der Waals surface area contributed by atoms with Crippen LogP contribution in [0.15, 0.2) is 6.33 Å². The zero-order valence-corrected chi connectivity index (χ0v) is 13.5. The molecule has 3 heterocycles. The SMILES string of the molecule is Cc1nc(Nc2ncnc(NCC3CCCO3)c2N)sc1C. The Morgan fingerprint density at radius 3 is 2.86 bits per heavy atom. The van der Waals surface area contributed by atoms with E-state index in [-0.39, 0.29) is 6.10 Å². The molecule has 0 saturated carbocycles. The predicted octanol–water partition coefficient (Wildman–Crippen LogP) is 2.47. The minimum absolute atomic E-state index is 0.232. The van der Waals surface area contributed by atoms with Gasteiger partial charge in [-0.1, -0.05) is 0 Å². The van der Waals surface area contributed by atoms with Crippen LogP contribution in [0.2, 0.25) is 0 Å². The predicted molar refractivity (Wildman–Crippen MR) is 88.8 cm³/mol. The molecule has 1 saturated heterocycles. The van der Waals surface area contributed by atoms with Crippen LogP contribution >= 0.6 is 11.3 Å². The maximum atomic E-state index is 6.15. The molecule has 2 aromatic heterocycles. The summed E-state index contributed by atoms with van der Waals surface area (Å²) in [5.41, 5.74) is 7.65. The highest BCUT2D eigenvalue weighted by molar-refractivity contribution is 7.15. The molecule has 8 heteroatoms. The molecule has 2 aromatic rings. The van der Waals surface area contributed by atoms with E-state index in [0.29, 0.717) is 23.9 Å². The van der Waals surface area contributed by atoms with Crippen LogP contribution in [0.1, 0.15) is 23.4 Å². The van der Waals surface area contributed by atoms with Gasteiger partial charge >= 0.3 is 0 Å². The van der Waals surface area contributed by atoms with Gasteiger partial charge in [-0.05, 0) is 26.7 Å². The molecular weight excluding hydrogens is 300 g/mol. The molecule has 0 aromatic carbocycles. The largest absolute Gasteiger partial charge is 0.393 e. The summed E-state index contributed by atoms with van der Waals surface area (Å²) in [6, 6.07) is 0. The summed E-state index contributed by atoms with van der Waals surface area (Å²) in [5, 5.41) is 7.18. The normalized spacial score (nSPS) is 17.6. The number of aromatic nitrogens is 3. The lowest BCUT2D eigenvalue weighted by Gasteiger charge is -2.14. The Bertz CT molecular complexity index is 633. The van der Waals surface area contributed by atoms with Gasteiger partial charge in [0.25, 0.3) is 0 Å². The maximum Gasteiger partial charge on any atom is 0.188 e. The number of hydrogen-bond donors (Lipinski definition) is 3. The summed E-state index contributed by atoms with van der Waals surface area (Å²) in [6.07, 6.45) is 3.90. The highest BCUT2D eigenvalue weighted by Gasteiger charge is 2.17. The van der Waals surface area contributed by atoms with Crippen LogP contribution in [-0.4, -0.2) is 34.2 Å². The van der Waals surface area contributed by atoms with E-state index in [2.05, 4.69) is 25.6 Å². The summed E-state index contributed by atoms with van der Waals surface area (Å²) >= 11 is 1.58. The van der Waals surface area contributed by atoms with Crippen LogP contribution in [0, 0.1) is 13.8 Å². The first-order chi connectivity index (χ1) is 10.6. The number of nitrogens with two attached hydrogens (primary N) is 1. The summed E-state index contributed by atoms with van der Waals surface area (Å²) < 4.78 is 5.59. The maximum absolute atomic E-state index is 6.15. The van der Waals surface area contributed by atoms with Gasteiger partial charge in [0.2, 0.25) is 0 Å². The van der Waals surface area contributed by atoms with E-state index in [9.17, 15) is 0 Å². The Morgan fingerprint density at radius 1 is 1.36 bits per heavy atom. The zero-order valence-electron chi connectivity index (χ0n) is 12.7. The molecule has 0 radical (unpaired) electrons. The molecule has 0 bridgehead atoms. The molecule has 7 nitrogen and oxygen atoms in total. The molecule has 0 aliphatic carbocycles. The number of nitrogen functional groups attached to an aromatic ring is 1. The fourth-order valence-electron chi connectivity index (χ4n) is 2.28. The van der Waals surface area contributed by atoms with Crippen LogP contribution in [0.4, 0.5) is 22.5 Å². The number of nitrogens with one attached hydrogen (secondary N) is 2. The molecule has 1 atom stereocenters. The standard InChI is InChI=1S/C14H20N6OS/c1-8-9(2)22-14(19-8)20-13-11(15)12(17-7-18-13)16-6-10-4-3-5-21-10/h7,10H,3-6,15H2,1-2H3,(H2,16,17,18,19,20). The fraction of sp³-hybridized carbons (Fsp3) is 0.500. The minimum Gasteiger partial charge on any atom is -0.393 e. The number of rotatable bonds is 5. The first kappa shape index (κ1) is 15.0. The second-order valence-electron chi connectivity index (χ2n) is 5.29. The second-order valence-corrected chi connectivity index (χ2v) is 6.49. The van der Waals surface area contributed by atoms with Crippen molar-refractivity contribution in [1.29, 1.82) is 0 Å². The first-order valence-corrected chi connectivity index (χ1v) is 8.12. The van der Waals surface area contributed by atoms with Crippen LogP contribution in [0.25, 0.3) is 0 Å². The van der Waals surface area contributed by atoms with Crippen molar-refractivity contribution in [3.8, 4) is 0 Å². The average molecular weight is 320 g/mol. The van der Waals surface area contributed by atoms with Gasteiger partial charge in [0.15, 0.2) is 16.8 Å². The molecule has 4 N–H and O–H groups in total. The Hall–Kier alpha value is -1.93. The van der Waals surface area contributed by atoms with Gasteiger partial charge in [0.1, 0.15) is 12.0 Å². The molecule has 1 fully saturated rings.